The SMILES string of the molecule is CC(=N)N1c2sc(C)c(C)c2C(c2ccc(Cl)cc2)=N[C@@H](CC(=O)NCCCCCCCCCNc2ccccc2C(=O)Nc2nc(C)c(C)s2)C1N. The molecule has 10 nitrogen and oxygen atoms in total. The van der Waals surface area contributed by atoms with Crippen LogP contribution in [0.1, 0.15) is 101 Å². The number of unbranched alkanes of at least 4 members (excludes halogenated alkanes) is 6. The third-order valence-corrected chi connectivity index (χ3v) is 12.0. The molecular weight excluding hydrogens is 724 g/mol. The third-order valence-electron chi connectivity index (χ3n) is 9.60. The first-order valence-electron chi connectivity index (χ1n) is 18.3. The van der Waals surface area contributed by atoms with Crippen molar-refractivity contribution in [2.45, 2.75) is 98.2 Å². The number of para-hydroxylation sites is 1. The van der Waals surface area contributed by atoms with E-state index in [2.05, 4.69) is 34.8 Å². The Morgan fingerprint density at radius 2 is 1.57 bits per heavy atom. The minimum Gasteiger partial charge on any atom is -0.384 e. The Balaban J connectivity index is 1.03. The van der Waals surface area contributed by atoms with Gasteiger partial charge in [-0.25, -0.2) is 4.98 Å². The van der Waals surface area contributed by atoms with Crippen molar-refractivity contribution in [1.29, 1.82) is 5.41 Å². The lowest BCUT2D eigenvalue weighted by Gasteiger charge is -2.31. The first-order chi connectivity index (χ1) is 25.4. The van der Waals surface area contributed by atoms with Gasteiger partial charge in [-0.15, -0.1) is 22.7 Å². The highest BCUT2D eigenvalue weighted by molar-refractivity contribution is 7.17. The van der Waals surface area contributed by atoms with E-state index in [1.165, 1.54) is 11.3 Å². The van der Waals surface area contributed by atoms with Crippen molar-refractivity contribution in [3.63, 3.8) is 0 Å². The molecule has 2 amide bonds. The third kappa shape index (κ3) is 10.3. The molecule has 53 heavy (non-hydrogen) atoms. The molecule has 2 aromatic heterocycles. The van der Waals surface area contributed by atoms with Crippen molar-refractivity contribution >= 4 is 73.5 Å². The second-order valence-corrected chi connectivity index (χ2v) is 16.4. The molecule has 0 saturated heterocycles. The van der Waals surface area contributed by atoms with Crippen LogP contribution in [0, 0.1) is 33.1 Å². The number of carbonyl (C=O) groups excluding carboxylic acids is 2. The predicted octanol–water partition coefficient (Wildman–Crippen LogP) is 9.00. The maximum Gasteiger partial charge on any atom is 0.259 e. The molecule has 0 radical (unpaired) electrons. The fourth-order valence-corrected chi connectivity index (χ4v) is 8.60. The van der Waals surface area contributed by atoms with Crippen molar-refractivity contribution < 1.29 is 9.59 Å². The minimum atomic E-state index is -0.661. The summed E-state index contributed by atoms with van der Waals surface area (Å²) < 4.78 is 0. The number of carbonyl (C=O) groups is 2. The van der Waals surface area contributed by atoms with Crippen LogP contribution in [0.3, 0.4) is 0 Å². The lowest BCUT2D eigenvalue weighted by Crippen LogP contribution is -2.52. The number of anilines is 3. The number of fused-ring (bicyclic) bond motifs is 1. The summed E-state index contributed by atoms with van der Waals surface area (Å²) in [6.45, 7) is 11.2. The lowest BCUT2D eigenvalue weighted by molar-refractivity contribution is -0.121. The highest BCUT2D eigenvalue weighted by atomic mass is 35.5. The van der Waals surface area contributed by atoms with E-state index in [-0.39, 0.29) is 18.2 Å². The van der Waals surface area contributed by atoms with Crippen LogP contribution in [-0.2, 0) is 4.79 Å². The number of nitrogens with zero attached hydrogens (tertiary/aromatic N) is 3. The van der Waals surface area contributed by atoms with E-state index >= 15 is 0 Å². The topological polar surface area (TPSA) is 149 Å². The highest BCUT2D eigenvalue weighted by Crippen LogP contribution is 2.40. The average molecular weight is 775 g/mol. The number of halogens is 1. The smallest absolute Gasteiger partial charge is 0.259 e. The molecule has 0 aliphatic carbocycles. The van der Waals surface area contributed by atoms with Gasteiger partial charge in [0.25, 0.3) is 5.91 Å². The zero-order valence-electron chi connectivity index (χ0n) is 31.3. The zero-order valence-corrected chi connectivity index (χ0v) is 33.7. The number of hydrogen-bond donors (Lipinski definition) is 5. The monoisotopic (exact) mass is 774 g/mol. The highest BCUT2D eigenvalue weighted by Gasteiger charge is 2.36. The van der Waals surface area contributed by atoms with Crippen molar-refractivity contribution in [3.8, 4) is 0 Å². The molecular formula is C40H51ClN8O2S2. The van der Waals surface area contributed by atoms with Crippen molar-refractivity contribution in [2.24, 2.45) is 10.7 Å². The van der Waals surface area contributed by atoms with E-state index in [1.54, 1.807) is 18.3 Å². The Morgan fingerprint density at radius 1 is 0.906 bits per heavy atom. The number of amides is 2. The molecule has 2 aromatic carbocycles. The van der Waals surface area contributed by atoms with Gasteiger partial charge in [-0.1, -0.05) is 68.0 Å². The van der Waals surface area contributed by atoms with Gasteiger partial charge in [-0.3, -0.25) is 25.3 Å². The van der Waals surface area contributed by atoms with Crippen molar-refractivity contribution in [1.82, 2.24) is 10.3 Å². The first kappa shape index (κ1) is 40.1. The standard InChI is InChI=1S/C40H51ClN8O2S2/c1-24-26(3)52-39-35(24)36(29-17-19-30(41)20-18-29)47-33(37(43)49(39)28(5)42)23-34(50)45-22-14-10-8-6-7-9-13-21-44-32-16-12-11-15-31(32)38(51)48-40-46-25(2)27(4)53-40/h11-12,15-20,33,37,42,44H,6-10,13-14,21-23,43H2,1-5H3,(H,45,50)(H,46,48,51)/t33-,37?/m0/s1. The van der Waals surface area contributed by atoms with Gasteiger partial charge in [-0.2, -0.15) is 0 Å². The van der Waals surface area contributed by atoms with Crippen LogP contribution in [0.2, 0.25) is 5.02 Å². The van der Waals surface area contributed by atoms with Crippen LogP contribution in [0.25, 0.3) is 0 Å². The van der Waals surface area contributed by atoms with E-state index in [9.17, 15) is 9.59 Å². The van der Waals surface area contributed by atoms with Crippen molar-refractivity contribution in [2.75, 3.05) is 28.6 Å². The summed E-state index contributed by atoms with van der Waals surface area (Å²) >= 11 is 9.30. The Labute approximate surface area is 326 Å². The molecule has 3 heterocycles. The number of aryl methyl sites for hydroxylation is 3. The molecule has 0 saturated carbocycles. The summed E-state index contributed by atoms with van der Waals surface area (Å²) in [4.78, 5) is 39.7. The zero-order chi connectivity index (χ0) is 38.1. The van der Waals surface area contributed by atoms with E-state index in [0.29, 0.717) is 28.1 Å². The number of rotatable bonds is 16. The van der Waals surface area contributed by atoms with Gasteiger partial charge < -0.3 is 21.3 Å². The molecule has 0 spiro atoms. The normalized spacial score (nSPS) is 15.4. The number of thiophene rings is 1. The van der Waals surface area contributed by atoms with Gasteiger partial charge in [-0.05, 0) is 77.3 Å². The van der Waals surface area contributed by atoms with E-state index < -0.39 is 12.2 Å². The summed E-state index contributed by atoms with van der Waals surface area (Å²) in [5, 5.41) is 20.2. The van der Waals surface area contributed by atoms with Gasteiger partial charge in [0, 0.05) is 44.7 Å². The van der Waals surface area contributed by atoms with Crippen LogP contribution in [0.5, 0.6) is 0 Å². The Hall–Kier alpha value is -4.10. The summed E-state index contributed by atoms with van der Waals surface area (Å²) in [5.41, 5.74) is 12.9. The van der Waals surface area contributed by atoms with Crippen molar-refractivity contribution in [3.05, 3.63) is 91.3 Å². The summed E-state index contributed by atoms with van der Waals surface area (Å²) in [6, 6.07) is 14.6. The maximum absolute atomic E-state index is 13.2. The predicted molar refractivity (Wildman–Crippen MR) is 223 cm³/mol. The number of nitrogens with one attached hydrogen (secondary N) is 4. The van der Waals surface area contributed by atoms with Gasteiger partial charge in [0.15, 0.2) is 5.13 Å². The number of nitrogens with two attached hydrogens (primary N) is 1. The molecule has 282 valence electrons. The fourth-order valence-electron chi connectivity index (χ4n) is 6.41. The van der Waals surface area contributed by atoms with Crippen LogP contribution >= 0.6 is 34.3 Å². The Bertz CT molecular complexity index is 1920. The number of hydrogen-bond acceptors (Lipinski definition) is 9. The first-order valence-corrected chi connectivity index (χ1v) is 20.3. The van der Waals surface area contributed by atoms with Crippen LogP contribution < -0.4 is 26.6 Å². The van der Waals surface area contributed by atoms with E-state index in [0.717, 1.165) is 100 Å². The molecule has 0 fully saturated rings. The van der Waals surface area contributed by atoms with E-state index in [4.69, 9.17) is 27.7 Å². The van der Waals surface area contributed by atoms with Gasteiger partial charge >= 0.3 is 0 Å². The van der Waals surface area contributed by atoms with Crippen LogP contribution in [0.4, 0.5) is 15.8 Å². The van der Waals surface area contributed by atoms with Gasteiger partial charge in [0.05, 0.1) is 35.3 Å². The Morgan fingerprint density at radius 3 is 2.23 bits per heavy atom. The number of aliphatic imine (C=N–C) groups is 1. The number of amidine groups is 1. The number of benzene rings is 2. The molecule has 5 rings (SSSR count). The van der Waals surface area contributed by atoms with E-state index in [1.807, 2.05) is 67.3 Å². The molecule has 13 heteroatoms. The number of aromatic nitrogens is 1. The number of thiazole rings is 1. The van der Waals surface area contributed by atoms with Gasteiger partial charge in [0.2, 0.25) is 5.91 Å². The Kier molecular flexibility index (Phi) is 14.2. The summed E-state index contributed by atoms with van der Waals surface area (Å²) in [5.74, 6) is 0.0667. The van der Waals surface area contributed by atoms with Crippen LogP contribution in [0.15, 0.2) is 53.5 Å². The molecule has 1 unspecified atom stereocenters. The fraction of sp³-hybridized carbons (Fsp3) is 0.425. The average Bonchev–Trinajstić information content (AvgIpc) is 3.55. The minimum absolute atomic E-state index is 0.0923. The second kappa shape index (κ2) is 18.8. The second-order valence-electron chi connectivity index (χ2n) is 13.6. The molecule has 6 N–H and O–H groups in total. The van der Waals surface area contributed by atoms with Crippen LogP contribution in [-0.4, -0.2) is 53.6 Å². The summed E-state index contributed by atoms with van der Waals surface area (Å²) in [6.07, 6.45) is 6.93. The lowest BCUT2D eigenvalue weighted by atomic mass is 9.99. The summed E-state index contributed by atoms with van der Waals surface area (Å²) in [7, 11) is 0. The molecule has 2 atom stereocenters. The maximum atomic E-state index is 13.2. The quantitative estimate of drug-likeness (QED) is 0.0436. The molecule has 1 aliphatic rings. The largest absolute Gasteiger partial charge is 0.384 e. The molecule has 1 aliphatic heterocycles. The molecule has 4 aromatic rings. The molecule has 0 bridgehead atoms. The van der Waals surface area contributed by atoms with Gasteiger partial charge in [0.1, 0.15) is 11.2 Å².